The molecule has 1 N–H and O–H groups in total. The van der Waals surface area contributed by atoms with E-state index in [2.05, 4.69) is 37.9 Å². The minimum absolute atomic E-state index is 0.225. The molecule has 1 aliphatic rings. The highest BCUT2D eigenvalue weighted by Crippen LogP contribution is 2.41. The third kappa shape index (κ3) is 1.39. The summed E-state index contributed by atoms with van der Waals surface area (Å²) < 4.78 is 0. The number of hydrogen-bond donors (Lipinski definition) is 1. The van der Waals surface area contributed by atoms with Crippen LogP contribution >= 0.6 is 0 Å². The van der Waals surface area contributed by atoms with E-state index >= 15 is 0 Å². The summed E-state index contributed by atoms with van der Waals surface area (Å²) in [6.45, 7) is 9.06. The van der Waals surface area contributed by atoms with E-state index in [0.29, 0.717) is 0 Å². The number of nitrogens with one attached hydrogen (secondary N) is 1. The SMILES string of the molecule is CC1=C(C(C)(C)C)c2cn[nH]c2CC1. The van der Waals surface area contributed by atoms with Crippen LogP contribution in [0.15, 0.2) is 11.8 Å². The van der Waals surface area contributed by atoms with Gasteiger partial charge in [0.05, 0.1) is 6.20 Å². The molecule has 0 saturated carbocycles. The van der Waals surface area contributed by atoms with Crippen LogP contribution in [0.2, 0.25) is 0 Å². The molecular weight excluding hydrogens is 172 g/mol. The Morgan fingerprint density at radius 1 is 1.29 bits per heavy atom. The van der Waals surface area contributed by atoms with Gasteiger partial charge in [-0.1, -0.05) is 26.3 Å². The summed E-state index contributed by atoms with van der Waals surface area (Å²) in [5.41, 5.74) is 5.86. The fraction of sp³-hybridized carbons (Fsp3) is 0.583. The van der Waals surface area contributed by atoms with Crippen molar-refractivity contribution < 1.29 is 0 Å². The molecule has 2 nitrogen and oxygen atoms in total. The van der Waals surface area contributed by atoms with Crippen molar-refractivity contribution in [2.75, 3.05) is 0 Å². The lowest BCUT2D eigenvalue weighted by Gasteiger charge is -2.29. The lowest BCUT2D eigenvalue weighted by atomic mass is 9.76. The quantitative estimate of drug-likeness (QED) is 0.668. The summed E-state index contributed by atoms with van der Waals surface area (Å²) in [6, 6.07) is 0. The third-order valence-corrected chi connectivity index (χ3v) is 2.91. The third-order valence-electron chi connectivity index (χ3n) is 2.91. The summed E-state index contributed by atoms with van der Waals surface area (Å²) >= 11 is 0. The second kappa shape index (κ2) is 2.97. The fourth-order valence-corrected chi connectivity index (χ4v) is 2.43. The van der Waals surface area contributed by atoms with Gasteiger partial charge in [-0.2, -0.15) is 5.10 Å². The molecule has 1 aromatic rings. The molecule has 0 bridgehead atoms. The molecule has 0 spiro atoms. The first-order valence-corrected chi connectivity index (χ1v) is 5.23. The first-order valence-electron chi connectivity index (χ1n) is 5.23. The van der Waals surface area contributed by atoms with E-state index in [1.54, 1.807) is 0 Å². The van der Waals surface area contributed by atoms with Crippen LogP contribution in [0.3, 0.4) is 0 Å². The number of H-pyrrole nitrogens is 1. The molecule has 76 valence electrons. The summed E-state index contributed by atoms with van der Waals surface area (Å²) in [5, 5.41) is 7.24. The van der Waals surface area contributed by atoms with Gasteiger partial charge < -0.3 is 0 Å². The van der Waals surface area contributed by atoms with Crippen molar-refractivity contribution >= 4 is 5.57 Å². The number of aromatic nitrogens is 2. The highest BCUT2D eigenvalue weighted by atomic mass is 15.1. The van der Waals surface area contributed by atoms with Crippen LogP contribution in [0.1, 0.15) is 45.4 Å². The van der Waals surface area contributed by atoms with Crippen molar-refractivity contribution in [3.63, 3.8) is 0 Å². The fourth-order valence-electron chi connectivity index (χ4n) is 2.43. The standard InChI is InChI=1S/C12H18N2/c1-8-5-6-10-9(7-13-14-10)11(8)12(2,3)4/h7H,5-6H2,1-4H3,(H,13,14). The van der Waals surface area contributed by atoms with Crippen LogP contribution in [0.5, 0.6) is 0 Å². The molecule has 0 saturated heterocycles. The van der Waals surface area contributed by atoms with Crippen molar-refractivity contribution in [1.29, 1.82) is 0 Å². The summed E-state index contributed by atoms with van der Waals surface area (Å²) in [7, 11) is 0. The van der Waals surface area contributed by atoms with Gasteiger partial charge in [0.2, 0.25) is 0 Å². The van der Waals surface area contributed by atoms with Gasteiger partial charge in [-0.05, 0) is 30.8 Å². The van der Waals surface area contributed by atoms with E-state index in [9.17, 15) is 0 Å². The number of nitrogens with zero attached hydrogens (tertiary/aromatic N) is 1. The molecule has 0 radical (unpaired) electrons. The van der Waals surface area contributed by atoms with E-state index in [1.165, 1.54) is 28.8 Å². The number of allylic oxidation sites excluding steroid dienone is 2. The molecule has 0 aliphatic heterocycles. The van der Waals surface area contributed by atoms with E-state index in [0.717, 1.165) is 6.42 Å². The first-order chi connectivity index (χ1) is 6.50. The zero-order chi connectivity index (χ0) is 10.3. The average Bonchev–Trinajstić information content (AvgIpc) is 2.48. The van der Waals surface area contributed by atoms with Crippen LogP contribution in [-0.4, -0.2) is 10.2 Å². The number of fused-ring (bicyclic) bond motifs is 1. The highest BCUT2D eigenvalue weighted by Gasteiger charge is 2.27. The molecule has 2 heteroatoms. The van der Waals surface area contributed by atoms with Crippen molar-refractivity contribution in [2.45, 2.75) is 40.5 Å². The minimum atomic E-state index is 0.225. The Labute approximate surface area is 85.4 Å². The molecule has 0 aromatic carbocycles. The number of aromatic amines is 1. The van der Waals surface area contributed by atoms with E-state index in [1.807, 2.05) is 6.20 Å². The average molecular weight is 190 g/mol. The second-order valence-corrected chi connectivity index (χ2v) is 5.17. The zero-order valence-electron chi connectivity index (χ0n) is 9.44. The normalized spacial score (nSPS) is 17.1. The van der Waals surface area contributed by atoms with Crippen molar-refractivity contribution in [2.24, 2.45) is 5.41 Å². The van der Waals surface area contributed by atoms with Crippen molar-refractivity contribution in [3.8, 4) is 0 Å². The van der Waals surface area contributed by atoms with Crippen LogP contribution in [0, 0.1) is 5.41 Å². The number of hydrogen-bond acceptors (Lipinski definition) is 1. The summed E-state index contributed by atoms with van der Waals surface area (Å²) in [5.74, 6) is 0. The predicted molar refractivity (Wildman–Crippen MR) is 59.0 cm³/mol. The highest BCUT2D eigenvalue weighted by molar-refractivity contribution is 5.74. The maximum absolute atomic E-state index is 4.14. The Balaban J connectivity index is 2.57. The van der Waals surface area contributed by atoms with Gasteiger partial charge in [0.25, 0.3) is 0 Å². The molecule has 14 heavy (non-hydrogen) atoms. The molecule has 0 atom stereocenters. The monoisotopic (exact) mass is 190 g/mol. The van der Waals surface area contributed by atoms with Crippen molar-refractivity contribution in [3.05, 3.63) is 23.0 Å². The first kappa shape index (κ1) is 9.50. The van der Waals surface area contributed by atoms with Gasteiger partial charge in [0.15, 0.2) is 0 Å². The van der Waals surface area contributed by atoms with Gasteiger partial charge >= 0.3 is 0 Å². The Hall–Kier alpha value is -1.05. The molecule has 1 aromatic heterocycles. The molecule has 1 heterocycles. The van der Waals surface area contributed by atoms with Gasteiger partial charge in [-0.15, -0.1) is 0 Å². The maximum atomic E-state index is 4.14. The molecule has 0 amide bonds. The maximum Gasteiger partial charge on any atom is 0.0565 e. The predicted octanol–water partition coefficient (Wildman–Crippen LogP) is 3.18. The van der Waals surface area contributed by atoms with Gasteiger partial charge in [-0.25, -0.2) is 0 Å². The lowest BCUT2D eigenvalue weighted by Crippen LogP contribution is -2.14. The zero-order valence-corrected chi connectivity index (χ0v) is 9.44. The van der Waals surface area contributed by atoms with Gasteiger partial charge in [-0.3, -0.25) is 5.10 Å². The Morgan fingerprint density at radius 2 is 2.00 bits per heavy atom. The van der Waals surface area contributed by atoms with Crippen molar-refractivity contribution in [1.82, 2.24) is 10.2 Å². The summed E-state index contributed by atoms with van der Waals surface area (Å²) in [6.07, 6.45) is 4.25. The van der Waals surface area contributed by atoms with E-state index in [4.69, 9.17) is 0 Å². The molecule has 0 fully saturated rings. The smallest absolute Gasteiger partial charge is 0.0565 e. The molecular formula is C12H18N2. The Kier molecular flexibility index (Phi) is 2.02. The number of rotatable bonds is 0. The van der Waals surface area contributed by atoms with E-state index < -0.39 is 0 Å². The van der Waals surface area contributed by atoms with Gasteiger partial charge in [0, 0.05) is 11.3 Å². The summed E-state index contributed by atoms with van der Waals surface area (Å²) in [4.78, 5) is 0. The number of aryl methyl sites for hydroxylation is 1. The van der Waals surface area contributed by atoms with Crippen LogP contribution < -0.4 is 0 Å². The van der Waals surface area contributed by atoms with E-state index in [-0.39, 0.29) is 5.41 Å². The minimum Gasteiger partial charge on any atom is -0.282 e. The van der Waals surface area contributed by atoms with Gasteiger partial charge in [0.1, 0.15) is 0 Å². The topological polar surface area (TPSA) is 28.7 Å². The largest absolute Gasteiger partial charge is 0.282 e. The van der Waals surface area contributed by atoms with Crippen LogP contribution in [0.4, 0.5) is 0 Å². The van der Waals surface area contributed by atoms with Crippen LogP contribution in [-0.2, 0) is 6.42 Å². The van der Waals surface area contributed by atoms with Crippen LogP contribution in [0.25, 0.3) is 5.57 Å². The molecule has 2 rings (SSSR count). The Morgan fingerprint density at radius 3 is 2.64 bits per heavy atom. The lowest BCUT2D eigenvalue weighted by molar-refractivity contribution is 0.557. The molecule has 1 aliphatic carbocycles. The molecule has 0 unspecified atom stereocenters. The Bertz CT molecular complexity index is 377. The second-order valence-electron chi connectivity index (χ2n) is 5.17.